The maximum Gasteiger partial charge on any atom is 0.327 e. The van der Waals surface area contributed by atoms with Gasteiger partial charge in [0.25, 0.3) is 0 Å². The van der Waals surface area contributed by atoms with E-state index in [4.69, 9.17) is 0 Å². The fourth-order valence-corrected chi connectivity index (χ4v) is 4.10. The molecule has 2 rings (SSSR count). The minimum atomic E-state index is -0.954. The molecule has 0 aliphatic carbocycles. The number of rotatable bonds is 4. The van der Waals surface area contributed by atoms with E-state index in [1.807, 2.05) is 19.2 Å². The Bertz CT molecular complexity index is 478. The quantitative estimate of drug-likeness (QED) is 0.886. The molecule has 110 valence electrons. The minimum absolute atomic E-state index is 0.104. The number of nitrogens with one attached hydrogen (secondary N) is 1. The van der Waals surface area contributed by atoms with E-state index in [0.717, 1.165) is 5.01 Å². The summed E-state index contributed by atoms with van der Waals surface area (Å²) in [5, 5.41) is 14.5. The number of carbonyl (C=O) groups excluding carboxylic acids is 1. The first kappa shape index (κ1) is 15.1. The van der Waals surface area contributed by atoms with Crippen LogP contribution in [0.3, 0.4) is 0 Å². The number of amides is 2. The van der Waals surface area contributed by atoms with Crippen molar-refractivity contribution in [1.82, 2.24) is 15.2 Å². The van der Waals surface area contributed by atoms with Crippen LogP contribution in [0.5, 0.6) is 0 Å². The van der Waals surface area contributed by atoms with Gasteiger partial charge < -0.3 is 10.4 Å². The summed E-state index contributed by atoms with van der Waals surface area (Å²) < 4.78 is 0. The average molecular weight is 315 g/mol. The van der Waals surface area contributed by atoms with Gasteiger partial charge >= 0.3 is 12.0 Å². The number of thioether (sulfide) groups is 1. The molecular weight excluding hydrogens is 298 g/mol. The molecule has 0 bridgehead atoms. The van der Waals surface area contributed by atoms with E-state index in [9.17, 15) is 14.7 Å². The summed E-state index contributed by atoms with van der Waals surface area (Å²) in [4.78, 5) is 29.1. The molecule has 1 aliphatic rings. The van der Waals surface area contributed by atoms with Crippen molar-refractivity contribution in [3.05, 3.63) is 16.6 Å². The summed E-state index contributed by atoms with van der Waals surface area (Å²) in [6.07, 6.45) is 1.68. The SMILES string of the molecule is CC(C)C1SCC(C(=O)O)N1C(=O)NCc1nccs1. The lowest BCUT2D eigenvalue weighted by Crippen LogP contribution is -2.51. The highest BCUT2D eigenvalue weighted by Gasteiger charge is 2.42. The molecule has 1 fully saturated rings. The third kappa shape index (κ3) is 3.24. The van der Waals surface area contributed by atoms with Gasteiger partial charge in [0, 0.05) is 17.3 Å². The summed E-state index contributed by atoms with van der Waals surface area (Å²) in [7, 11) is 0. The van der Waals surface area contributed by atoms with Crippen LogP contribution >= 0.6 is 23.1 Å². The molecule has 2 amide bonds. The maximum atomic E-state index is 12.3. The molecular formula is C12H17N3O3S2. The molecule has 1 saturated heterocycles. The predicted molar refractivity (Wildman–Crippen MR) is 78.7 cm³/mol. The van der Waals surface area contributed by atoms with Crippen molar-refractivity contribution in [3.63, 3.8) is 0 Å². The van der Waals surface area contributed by atoms with Crippen molar-refractivity contribution < 1.29 is 14.7 Å². The zero-order valence-electron chi connectivity index (χ0n) is 11.3. The van der Waals surface area contributed by atoms with Crippen molar-refractivity contribution in [2.24, 2.45) is 5.92 Å². The largest absolute Gasteiger partial charge is 0.480 e. The molecule has 0 radical (unpaired) electrons. The number of carboxylic acid groups (broad SMARTS) is 1. The highest BCUT2D eigenvalue weighted by atomic mass is 32.2. The van der Waals surface area contributed by atoms with Crippen LogP contribution in [-0.4, -0.2) is 44.2 Å². The maximum absolute atomic E-state index is 12.3. The molecule has 1 aromatic heterocycles. The van der Waals surface area contributed by atoms with Crippen LogP contribution in [-0.2, 0) is 11.3 Å². The van der Waals surface area contributed by atoms with Crippen molar-refractivity contribution in [1.29, 1.82) is 0 Å². The fourth-order valence-electron chi connectivity index (χ4n) is 2.07. The summed E-state index contributed by atoms with van der Waals surface area (Å²) in [5.74, 6) is -0.317. The van der Waals surface area contributed by atoms with Crippen molar-refractivity contribution >= 4 is 35.1 Å². The van der Waals surface area contributed by atoms with E-state index in [2.05, 4.69) is 10.3 Å². The summed E-state index contributed by atoms with van der Waals surface area (Å²) in [6.45, 7) is 4.31. The molecule has 6 nitrogen and oxygen atoms in total. The number of nitrogens with zero attached hydrogens (tertiary/aromatic N) is 2. The van der Waals surface area contributed by atoms with Gasteiger partial charge in [-0.15, -0.1) is 23.1 Å². The topological polar surface area (TPSA) is 82.5 Å². The molecule has 8 heteroatoms. The first-order valence-corrected chi connectivity index (χ1v) is 8.22. The standard InChI is InChI=1S/C12H17N3O3S2/c1-7(2)10-15(8(6-20-10)11(16)17)12(18)14-5-9-13-3-4-19-9/h3-4,7-8,10H,5-6H2,1-2H3,(H,14,18)(H,16,17). The fraction of sp³-hybridized carbons (Fsp3) is 0.583. The second-order valence-electron chi connectivity index (χ2n) is 4.81. The monoisotopic (exact) mass is 315 g/mol. The third-order valence-corrected chi connectivity index (χ3v) is 5.40. The Balaban J connectivity index is 2.04. The van der Waals surface area contributed by atoms with Crippen molar-refractivity contribution in [2.75, 3.05) is 5.75 Å². The second kappa shape index (κ2) is 6.45. The Morgan fingerprint density at radius 2 is 2.35 bits per heavy atom. The smallest absolute Gasteiger partial charge is 0.327 e. The lowest BCUT2D eigenvalue weighted by molar-refractivity contribution is -0.141. The van der Waals surface area contributed by atoms with E-state index >= 15 is 0 Å². The van der Waals surface area contributed by atoms with Gasteiger partial charge in [0.15, 0.2) is 0 Å². The Labute approximate surface area is 125 Å². The second-order valence-corrected chi connectivity index (χ2v) is 6.94. The first-order valence-electron chi connectivity index (χ1n) is 6.29. The number of urea groups is 1. The average Bonchev–Trinajstić information content (AvgIpc) is 3.04. The zero-order chi connectivity index (χ0) is 14.7. The molecule has 1 aromatic rings. The molecule has 1 aliphatic heterocycles. The number of aromatic nitrogens is 1. The van der Waals surface area contributed by atoms with Gasteiger partial charge in [-0.25, -0.2) is 14.6 Å². The van der Waals surface area contributed by atoms with Gasteiger partial charge in [-0.2, -0.15) is 0 Å². The number of hydrogen-bond acceptors (Lipinski definition) is 5. The summed E-state index contributed by atoms with van der Waals surface area (Å²) >= 11 is 2.97. The van der Waals surface area contributed by atoms with Crippen LogP contribution in [0, 0.1) is 5.92 Å². The van der Waals surface area contributed by atoms with Crippen molar-refractivity contribution in [3.8, 4) is 0 Å². The lowest BCUT2D eigenvalue weighted by atomic mass is 10.2. The Morgan fingerprint density at radius 3 is 2.90 bits per heavy atom. The van der Waals surface area contributed by atoms with Crippen LogP contribution in [0.2, 0.25) is 0 Å². The van der Waals surface area contributed by atoms with Crippen LogP contribution in [0.15, 0.2) is 11.6 Å². The van der Waals surface area contributed by atoms with Gasteiger partial charge in [0.1, 0.15) is 11.0 Å². The van der Waals surface area contributed by atoms with Crippen molar-refractivity contribution in [2.45, 2.75) is 31.8 Å². The molecule has 2 unspecified atom stereocenters. The Hall–Kier alpha value is -1.28. The van der Waals surface area contributed by atoms with Gasteiger partial charge in [0.05, 0.1) is 11.9 Å². The van der Waals surface area contributed by atoms with Gasteiger partial charge in [-0.3, -0.25) is 4.90 Å². The van der Waals surface area contributed by atoms with Gasteiger partial charge in [-0.1, -0.05) is 13.8 Å². The van der Waals surface area contributed by atoms with Gasteiger partial charge in [-0.05, 0) is 5.92 Å². The van der Waals surface area contributed by atoms with E-state index < -0.39 is 12.0 Å². The van der Waals surface area contributed by atoms with Gasteiger partial charge in [0.2, 0.25) is 0 Å². The molecule has 2 atom stereocenters. The number of carbonyl (C=O) groups is 2. The van der Waals surface area contributed by atoms with E-state index in [0.29, 0.717) is 12.3 Å². The third-order valence-electron chi connectivity index (χ3n) is 3.00. The Kier molecular flexibility index (Phi) is 4.87. The molecule has 2 heterocycles. The number of hydrogen-bond donors (Lipinski definition) is 2. The van der Waals surface area contributed by atoms with E-state index in [1.165, 1.54) is 28.0 Å². The normalized spacial score (nSPS) is 22.2. The van der Waals surface area contributed by atoms with Crippen LogP contribution in [0.25, 0.3) is 0 Å². The molecule has 0 saturated carbocycles. The summed E-state index contributed by atoms with van der Waals surface area (Å²) in [6, 6.07) is -1.10. The summed E-state index contributed by atoms with van der Waals surface area (Å²) in [5.41, 5.74) is 0. The predicted octanol–water partition coefficient (Wildman–Crippen LogP) is 1.84. The molecule has 0 aromatic carbocycles. The zero-order valence-corrected chi connectivity index (χ0v) is 12.9. The number of aliphatic carboxylic acids is 1. The Morgan fingerprint density at radius 1 is 1.60 bits per heavy atom. The van der Waals surface area contributed by atoms with E-state index in [1.54, 1.807) is 6.20 Å². The highest BCUT2D eigenvalue weighted by molar-refractivity contribution is 8.00. The molecule has 0 spiro atoms. The highest BCUT2D eigenvalue weighted by Crippen LogP contribution is 2.34. The first-order chi connectivity index (χ1) is 9.50. The molecule has 20 heavy (non-hydrogen) atoms. The van der Waals surface area contributed by atoms with Crippen LogP contribution in [0.4, 0.5) is 4.79 Å². The van der Waals surface area contributed by atoms with E-state index in [-0.39, 0.29) is 17.3 Å². The molecule has 2 N–H and O–H groups in total. The number of carboxylic acids is 1. The lowest BCUT2D eigenvalue weighted by Gasteiger charge is -2.29. The number of thiazole rings is 1. The minimum Gasteiger partial charge on any atom is -0.480 e. The van der Waals surface area contributed by atoms with Crippen LogP contribution < -0.4 is 5.32 Å². The van der Waals surface area contributed by atoms with Crippen LogP contribution in [0.1, 0.15) is 18.9 Å².